The normalized spacial score (nSPS) is 13.9. The number of non-ortho nitro benzene ring substituents is 1. The lowest BCUT2D eigenvalue weighted by Crippen LogP contribution is -2.47. The third-order valence-corrected chi connectivity index (χ3v) is 3.85. The lowest BCUT2D eigenvalue weighted by Gasteiger charge is -2.30. The fourth-order valence-electron chi connectivity index (χ4n) is 2.65. The zero-order valence-corrected chi connectivity index (χ0v) is 13.3. The molecule has 0 unspecified atom stereocenters. The van der Waals surface area contributed by atoms with Crippen molar-refractivity contribution in [3.63, 3.8) is 0 Å². The molecule has 1 fully saturated rings. The second kappa shape index (κ2) is 7.00. The van der Waals surface area contributed by atoms with Crippen LogP contribution >= 0.6 is 0 Å². The number of piperazine rings is 1. The Kier molecular flexibility index (Phi) is 4.60. The molecule has 0 aromatic heterocycles. The SMILES string of the molecule is O=C1CN(c2ccccc2NC(=O)c2cccc([N+](=O)[O-])c2)CCN1. The maximum atomic E-state index is 12.5. The van der Waals surface area contributed by atoms with Gasteiger partial charge in [0.1, 0.15) is 0 Å². The molecule has 0 radical (unpaired) electrons. The van der Waals surface area contributed by atoms with Crippen LogP contribution in [-0.2, 0) is 4.79 Å². The molecule has 2 aromatic carbocycles. The number of carbonyl (C=O) groups is 2. The van der Waals surface area contributed by atoms with Crippen molar-refractivity contribution in [2.24, 2.45) is 0 Å². The summed E-state index contributed by atoms with van der Waals surface area (Å²) in [6.45, 7) is 1.38. The third-order valence-electron chi connectivity index (χ3n) is 3.85. The maximum Gasteiger partial charge on any atom is 0.270 e. The van der Waals surface area contributed by atoms with Gasteiger partial charge < -0.3 is 15.5 Å². The molecular weight excluding hydrogens is 324 g/mol. The number of anilines is 2. The number of nitro groups is 1. The van der Waals surface area contributed by atoms with Crippen molar-refractivity contribution in [1.82, 2.24) is 5.32 Å². The van der Waals surface area contributed by atoms with Gasteiger partial charge in [-0.25, -0.2) is 0 Å². The topological polar surface area (TPSA) is 105 Å². The molecule has 8 heteroatoms. The zero-order valence-electron chi connectivity index (χ0n) is 13.3. The average Bonchev–Trinajstić information content (AvgIpc) is 2.62. The van der Waals surface area contributed by atoms with E-state index in [1.807, 2.05) is 17.0 Å². The molecule has 0 saturated carbocycles. The van der Waals surface area contributed by atoms with Crippen molar-refractivity contribution < 1.29 is 14.5 Å². The molecule has 128 valence electrons. The molecule has 0 spiro atoms. The third kappa shape index (κ3) is 3.74. The zero-order chi connectivity index (χ0) is 17.8. The van der Waals surface area contributed by atoms with Crippen LogP contribution in [0, 0.1) is 10.1 Å². The van der Waals surface area contributed by atoms with Crippen LogP contribution < -0.4 is 15.5 Å². The van der Waals surface area contributed by atoms with Crippen LogP contribution in [0.3, 0.4) is 0 Å². The van der Waals surface area contributed by atoms with Gasteiger partial charge in [0.2, 0.25) is 5.91 Å². The Morgan fingerprint density at radius 2 is 2.00 bits per heavy atom. The van der Waals surface area contributed by atoms with Crippen LogP contribution in [-0.4, -0.2) is 36.4 Å². The number of amides is 2. The van der Waals surface area contributed by atoms with Gasteiger partial charge in [0, 0.05) is 30.8 Å². The van der Waals surface area contributed by atoms with E-state index in [1.165, 1.54) is 24.3 Å². The highest BCUT2D eigenvalue weighted by Crippen LogP contribution is 2.26. The molecule has 2 amide bonds. The summed E-state index contributed by atoms with van der Waals surface area (Å²) in [6.07, 6.45) is 0. The first-order valence-electron chi connectivity index (χ1n) is 7.71. The summed E-state index contributed by atoms with van der Waals surface area (Å²) in [5, 5.41) is 16.4. The molecule has 0 aliphatic carbocycles. The molecular formula is C17H16N4O4. The molecule has 8 nitrogen and oxygen atoms in total. The molecule has 3 rings (SSSR count). The van der Waals surface area contributed by atoms with E-state index in [0.29, 0.717) is 18.8 Å². The van der Waals surface area contributed by atoms with Gasteiger partial charge >= 0.3 is 0 Å². The van der Waals surface area contributed by atoms with Crippen LogP contribution in [0.1, 0.15) is 10.4 Å². The number of carbonyl (C=O) groups excluding carboxylic acids is 2. The number of rotatable bonds is 4. The first-order chi connectivity index (χ1) is 12.0. The van der Waals surface area contributed by atoms with Crippen LogP contribution in [0.4, 0.5) is 17.1 Å². The van der Waals surface area contributed by atoms with E-state index in [0.717, 1.165) is 5.69 Å². The molecule has 1 aliphatic rings. The van der Waals surface area contributed by atoms with Gasteiger partial charge in [-0.3, -0.25) is 19.7 Å². The smallest absolute Gasteiger partial charge is 0.270 e. The Balaban J connectivity index is 1.83. The van der Waals surface area contributed by atoms with Crippen LogP contribution in [0.15, 0.2) is 48.5 Å². The molecule has 1 saturated heterocycles. The Morgan fingerprint density at radius 1 is 1.20 bits per heavy atom. The van der Waals surface area contributed by atoms with E-state index in [2.05, 4.69) is 10.6 Å². The second-order valence-electron chi connectivity index (χ2n) is 5.55. The Hall–Kier alpha value is -3.42. The van der Waals surface area contributed by atoms with Gasteiger partial charge in [-0.05, 0) is 18.2 Å². The van der Waals surface area contributed by atoms with Crippen molar-refractivity contribution in [3.05, 3.63) is 64.2 Å². The van der Waals surface area contributed by atoms with Gasteiger partial charge in [0.25, 0.3) is 11.6 Å². The Bertz CT molecular complexity index is 837. The summed E-state index contributed by atoms with van der Waals surface area (Å²) in [7, 11) is 0. The molecule has 0 bridgehead atoms. The van der Waals surface area contributed by atoms with Gasteiger partial charge in [0.05, 0.1) is 22.8 Å². The number of nitrogens with zero attached hydrogens (tertiary/aromatic N) is 2. The number of benzene rings is 2. The summed E-state index contributed by atoms with van der Waals surface area (Å²) in [5.74, 6) is -0.524. The lowest BCUT2D eigenvalue weighted by molar-refractivity contribution is -0.384. The summed E-state index contributed by atoms with van der Waals surface area (Å²) < 4.78 is 0. The predicted octanol–water partition coefficient (Wildman–Crippen LogP) is 1.78. The van der Waals surface area contributed by atoms with E-state index < -0.39 is 10.8 Å². The van der Waals surface area contributed by atoms with Crippen molar-refractivity contribution in [1.29, 1.82) is 0 Å². The number of para-hydroxylation sites is 2. The predicted molar refractivity (Wildman–Crippen MR) is 92.7 cm³/mol. The van der Waals surface area contributed by atoms with Crippen molar-refractivity contribution >= 4 is 28.9 Å². The van der Waals surface area contributed by atoms with E-state index in [-0.39, 0.29) is 23.7 Å². The van der Waals surface area contributed by atoms with Crippen molar-refractivity contribution in [2.45, 2.75) is 0 Å². The first kappa shape index (κ1) is 16.4. The maximum absolute atomic E-state index is 12.5. The highest BCUT2D eigenvalue weighted by molar-refractivity contribution is 6.06. The lowest BCUT2D eigenvalue weighted by atomic mass is 10.1. The fraction of sp³-hybridized carbons (Fsp3) is 0.176. The minimum atomic E-state index is -0.545. The molecule has 2 N–H and O–H groups in total. The molecule has 0 atom stereocenters. The van der Waals surface area contributed by atoms with Crippen molar-refractivity contribution in [2.75, 3.05) is 29.9 Å². The molecule has 25 heavy (non-hydrogen) atoms. The largest absolute Gasteiger partial charge is 0.359 e. The summed E-state index contributed by atoms with van der Waals surface area (Å²) in [4.78, 5) is 36.2. The number of hydrogen-bond donors (Lipinski definition) is 2. The summed E-state index contributed by atoms with van der Waals surface area (Å²) >= 11 is 0. The van der Waals surface area contributed by atoms with E-state index in [1.54, 1.807) is 12.1 Å². The average molecular weight is 340 g/mol. The summed E-state index contributed by atoms with van der Waals surface area (Å²) in [6, 6.07) is 12.7. The van der Waals surface area contributed by atoms with Crippen LogP contribution in [0.25, 0.3) is 0 Å². The van der Waals surface area contributed by atoms with Crippen LogP contribution in [0.5, 0.6) is 0 Å². The second-order valence-corrected chi connectivity index (χ2v) is 5.55. The van der Waals surface area contributed by atoms with E-state index in [4.69, 9.17) is 0 Å². The van der Waals surface area contributed by atoms with E-state index >= 15 is 0 Å². The van der Waals surface area contributed by atoms with E-state index in [9.17, 15) is 19.7 Å². The molecule has 1 aliphatic heterocycles. The van der Waals surface area contributed by atoms with Crippen molar-refractivity contribution in [3.8, 4) is 0 Å². The van der Waals surface area contributed by atoms with Gasteiger partial charge in [-0.15, -0.1) is 0 Å². The fourth-order valence-corrected chi connectivity index (χ4v) is 2.65. The van der Waals surface area contributed by atoms with Gasteiger partial charge in [0.15, 0.2) is 0 Å². The standard InChI is InChI=1S/C17H16N4O4/c22-16-11-20(9-8-18-16)15-7-2-1-6-14(15)19-17(23)12-4-3-5-13(10-12)21(24)25/h1-7,10H,8-9,11H2,(H,18,22)(H,19,23). The minimum Gasteiger partial charge on any atom is -0.359 e. The molecule has 2 aromatic rings. The highest BCUT2D eigenvalue weighted by atomic mass is 16.6. The summed E-state index contributed by atoms with van der Waals surface area (Å²) in [5.41, 5.74) is 1.33. The van der Waals surface area contributed by atoms with Crippen LogP contribution in [0.2, 0.25) is 0 Å². The first-order valence-corrected chi connectivity index (χ1v) is 7.71. The van der Waals surface area contributed by atoms with Gasteiger partial charge in [-0.2, -0.15) is 0 Å². The minimum absolute atomic E-state index is 0.0777. The Labute approximate surface area is 143 Å². The Morgan fingerprint density at radius 3 is 2.76 bits per heavy atom. The van der Waals surface area contributed by atoms with Gasteiger partial charge in [-0.1, -0.05) is 18.2 Å². The number of nitro benzene ring substituents is 1. The molecule has 1 heterocycles. The quantitative estimate of drug-likeness (QED) is 0.652. The number of nitrogens with one attached hydrogen (secondary N) is 2. The highest BCUT2D eigenvalue weighted by Gasteiger charge is 2.20. The monoisotopic (exact) mass is 340 g/mol. The number of hydrogen-bond acceptors (Lipinski definition) is 5.